The van der Waals surface area contributed by atoms with Gasteiger partial charge in [0.2, 0.25) is 5.67 Å². The third-order valence-corrected chi connectivity index (χ3v) is 4.05. The van der Waals surface area contributed by atoms with Crippen LogP contribution in [0.4, 0.5) is 4.39 Å². The molecule has 0 amide bonds. The predicted octanol–water partition coefficient (Wildman–Crippen LogP) is 2.24. The van der Waals surface area contributed by atoms with E-state index in [0.717, 1.165) is 10.0 Å². The molecule has 104 valence electrons. The second-order valence-electron chi connectivity index (χ2n) is 4.69. The van der Waals surface area contributed by atoms with Crippen LogP contribution in [0.1, 0.15) is 12.0 Å². The van der Waals surface area contributed by atoms with Crippen molar-refractivity contribution in [1.82, 2.24) is 4.90 Å². The Kier molecular flexibility index (Phi) is 4.10. The van der Waals surface area contributed by atoms with Crippen molar-refractivity contribution in [3.05, 3.63) is 28.2 Å². The van der Waals surface area contributed by atoms with Gasteiger partial charge in [0.15, 0.2) is 0 Å². The van der Waals surface area contributed by atoms with Crippen molar-refractivity contribution < 1.29 is 19.0 Å². The van der Waals surface area contributed by atoms with Crippen molar-refractivity contribution in [2.45, 2.75) is 18.6 Å². The molecule has 4 nitrogen and oxygen atoms in total. The number of carbonyl (C=O) groups is 1. The molecule has 1 atom stereocenters. The summed E-state index contributed by atoms with van der Waals surface area (Å²) >= 11 is 3.39. The van der Waals surface area contributed by atoms with Gasteiger partial charge >= 0.3 is 5.97 Å². The highest BCUT2D eigenvalue weighted by atomic mass is 79.9. The molecule has 19 heavy (non-hydrogen) atoms. The summed E-state index contributed by atoms with van der Waals surface area (Å²) in [6.45, 7) is 0.965. The number of esters is 1. The zero-order valence-corrected chi connectivity index (χ0v) is 12.1. The predicted molar refractivity (Wildman–Crippen MR) is 71.6 cm³/mol. The Balaban J connectivity index is 2.06. The molecule has 0 saturated carbocycles. The second kappa shape index (κ2) is 5.46. The quantitative estimate of drug-likeness (QED) is 0.863. The summed E-state index contributed by atoms with van der Waals surface area (Å²) in [5, 5.41) is 9.45. The Morgan fingerprint density at radius 1 is 1.63 bits per heavy atom. The number of benzene rings is 1. The van der Waals surface area contributed by atoms with Gasteiger partial charge in [0, 0.05) is 30.5 Å². The van der Waals surface area contributed by atoms with Crippen LogP contribution in [0, 0.1) is 0 Å². The SMILES string of the molecule is COC(=O)C1(F)CCN(Cc2cc(O)ccc2Br)C1. The van der Waals surface area contributed by atoms with E-state index >= 15 is 0 Å². The maximum Gasteiger partial charge on any atom is 0.345 e. The molecule has 1 N–H and O–H groups in total. The van der Waals surface area contributed by atoms with E-state index in [2.05, 4.69) is 20.7 Å². The summed E-state index contributed by atoms with van der Waals surface area (Å²) in [6, 6.07) is 4.94. The maximum atomic E-state index is 14.3. The van der Waals surface area contributed by atoms with E-state index in [0.29, 0.717) is 13.1 Å². The molecule has 6 heteroatoms. The highest BCUT2D eigenvalue weighted by Crippen LogP contribution is 2.30. The van der Waals surface area contributed by atoms with Crippen LogP contribution in [0.15, 0.2) is 22.7 Å². The molecular weight excluding hydrogens is 317 g/mol. The minimum Gasteiger partial charge on any atom is -0.508 e. The molecule has 0 radical (unpaired) electrons. The fraction of sp³-hybridized carbons (Fsp3) is 0.462. The first-order chi connectivity index (χ1) is 8.94. The van der Waals surface area contributed by atoms with E-state index in [1.165, 1.54) is 7.11 Å². The first-order valence-corrected chi connectivity index (χ1v) is 6.71. The molecule has 1 heterocycles. The van der Waals surface area contributed by atoms with Crippen LogP contribution in [-0.4, -0.2) is 41.8 Å². The summed E-state index contributed by atoms with van der Waals surface area (Å²) in [7, 11) is 1.19. The number of ether oxygens (including phenoxy) is 1. The van der Waals surface area contributed by atoms with E-state index < -0.39 is 11.6 Å². The van der Waals surface area contributed by atoms with Crippen molar-refractivity contribution in [3.63, 3.8) is 0 Å². The third kappa shape index (κ3) is 3.06. The molecule has 1 aromatic rings. The lowest BCUT2D eigenvalue weighted by Crippen LogP contribution is -2.38. The first kappa shape index (κ1) is 14.3. The van der Waals surface area contributed by atoms with Crippen molar-refractivity contribution >= 4 is 21.9 Å². The van der Waals surface area contributed by atoms with E-state index in [1.54, 1.807) is 18.2 Å². The number of methoxy groups -OCH3 is 1. The Labute approximate surface area is 119 Å². The summed E-state index contributed by atoms with van der Waals surface area (Å²) in [4.78, 5) is 13.2. The van der Waals surface area contributed by atoms with Crippen LogP contribution in [0.25, 0.3) is 0 Å². The molecule has 1 aromatic carbocycles. The number of rotatable bonds is 3. The number of carbonyl (C=O) groups excluding carboxylic acids is 1. The van der Waals surface area contributed by atoms with Crippen LogP contribution in [0.5, 0.6) is 5.75 Å². The lowest BCUT2D eigenvalue weighted by molar-refractivity contribution is -0.153. The molecule has 0 spiro atoms. The number of hydrogen-bond donors (Lipinski definition) is 1. The van der Waals surface area contributed by atoms with Crippen molar-refractivity contribution in [1.29, 1.82) is 0 Å². The van der Waals surface area contributed by atoms with Crippen molar-refractivity contribution in [2.24, 2.45) is 0 Å². The Bertz CT molecular complexity index is 497. The van der Waals surface area contributed by atoms with Gasteiger partial charge in [-0.1, -0.05) is 15.9 Å². The fourth-order valence-corrected chi connectivity index (χ4v) is 2.63. The molecule has 0 aromatic heterocycles. The van der Waals surface area contributed by atoms with Crippen LogP contribution in [-0.2, 0) is 16.1 Å². The molecule has 1 fully saturated rings. The van der Waals surface area contributed by atoms with Gasteiger partial charge in [-0.05, 0) is 23.8 Å². The van der Waals surface area contributed by atoms with Crippen LogP contribution in [0.2, 0.25) is 0 Å². The van der Waals surface area contributed by atoms with Crippen LogP contribution in [0.3, 0.4) is 0 Å². The number of phenolic OH excluding ortho intramolecular Hbond substituents is 1. The highest BCUT2D eigenvalue weighted by molar-refractivity contribution is 9.10. The monoisotopic (exact) mass is 331 g/mol. The zero-order valence-electron chi connectivity index (χ0n) is 10.5. The third-order valence-electron chi connectivity index (χ3n) is 3.27. The molecule has 0 bridgehead atoms. The largest absolute Gasteiger partial charge is 0.508 e. The number of halogens is 2. The highest BCUT2D eigenvalue weighted by Gasteiger charge is 2.46. The standard InChI is InChI=1S/C13H15BrFNO3/c1-19-12(18)13(15)4-5-16(8-13)7-9-6-10(17)2-3-11(9)14/h2-3,6,17H,4-5,7-8H2,1H3. The number of nitrogens with zero attached hydrogens (tertiary/aromatic N) is 1. The Hall–Kier alpha value is -1.14. The van der Waals surface area contributed by atoms with Gasteiger partial charge in [0.05, 0.1) is 7.11 Å². The van der Waals surface area contributed by atoms with Gasteiger partial charge in [-0.2, -0.15) is 0 Å². The summed E-state index contributed by atoms with van der Waals surface area (Å²) in [5.41, 5.74) is -1.06. The van der Waals surface area contributed by atoms with Gasteiger partial charge < -0.3 is 9.84 Å². The molecule has 2 rings (SSSR count). The van der Waals surface area contributed by atoms with Gasteiger partial charge in [-0.25, -0.2) is 9.18 Å². The number of hydrogen-bond acceptors (Lipinski definition) is 4. The van der Waals surface area contributed by atoms with Crippen molar-refractivity contribution in [3.8, 4) is 5.75 Å². The van der Waals surface area contributed by atoms with Crippen molar-refractivity contribution in [2.75, 3.05) is 20.2 Å². The average Bonchev–Trinajstić information content (AvgIpc) is 2.76. The summed E-state index contributed by atoms with van der Waals surface area (Å²) in [6.07, 6.45) is 0.135. The number of phenols is 1. The summed E-state index contributed by atoms with van der Waals surface area (Å²) in [5.74, 6) is -0.651. The molecule has 1 saturated heterocycles. The van der Waals surface area contributed by atoms with E-state index in [9.17, 15) is 14.3 Å². The second-order valence-corrected chi connectivity index (χ2v) is 5.55. The van der Waals surface area contributed by atoms with E-state index in [-0.39, 0.29) is 18.7 Å². The van der Waals surface area contributed by atoms with E-state index in [1.807, 2.05) is 4.90 Å². The molecule has 1 aliphatic heterocycles. The van der Waals surface area contributed by atoms with Gasteiger partial charge in [-0.3, -0.25) is 4.90 Å². The van der Waals surface area contributed by atoms with Gasteiger partial charge in [0.25, 0.3) is 0 Å². The number of aromatic hydroxyl groups is 1. The Morgan fingerprint density at radius 3 is 3.05 bits per heavy atom. The van der Waals surface area contributed by atoms with E-state index in [4.69, 9.17) is 0 Å². The molecule has 1 unspecified atom stereocenters. The molecule has 1 aliphatic rings. The number of likely N-dealkylation sites (tertiary alicyclic amines) is 1. The van der Waals surface area contributed by atoms with Gasteiger partial charge in [-0.15, -0.1) is 0 Å². The first-order valence-electron chi connectivity index (χ1n) is 5.92. The topological polar surface area (TPSA) is 49.8 Å². The van der Waals surface area contributed by atoms with Gasteiger partial charge in [0.1, 0.15) is 5.75 Å². The lowest BCUT2D eigenvalue weighted by Gasteiger charge is -2.19. The maximum absolute atomic E-state index is 14.3. The van der Waals surface area contributed by atoms with Crippen LogP contribution >= 0.6 is 15.9 Å². The minimum atomic E-state index is -1.92. The normalized spacial score (nSPS) is 23.5. The molecular formula is C13H15BrFNO3. The zero-order chi connectivity index (χ0) is 14.0. The Morgan fingerprint density at radius 2 is 2.37 bits per heavy atom. The molecule has 0 aliphatic carbocycles. The average molecular weight is 332 g/mol. The lowest BCUT2D eigenvalue weighted by atomic mass is 10.1. The fourth-order valence-electron chi connectivity index (χ4n) is 2.26. The number of alkyl halides is 1. The smallest absolute Gasteiger partial charge is 0.345 e. The summed E-state index contributed by atoms with van der Waals surface area (Å²) < 4.78 is 19.6. The van der Waals surface area contributed by atoms with Crippen LogP contribution < -0.4 is 0 Å². The minimum absolute atomic E-state index is 0.0156.